The molecule has 0 spiro atoms. The van der Waals surface area contributed by atoms with Crippen molar-refractivity contribution in [2.45, 2.75) is 65.0 Å². The number of methoxy groups -OCH3 is 1. The van der Waals surface area contributed by atoms with Crippen LogP contribution in [-0.4, -0.2) is 49.8 Å². The highest BCUT2D eigenvalue weighted by atomic mass is 16.5. The van der Waals surface area contributed by atoms with Crippen LogP contribution >= 0.6 is 0 Å². The summed E-state index contributed by atoms with van der Waals surface area (Å²) in [4.78, 5) is 2.72. The van der Waals surface area contributed by atoms with Crippen LogP contribution in [0.4, 0.5) is 0 Å². The molecule has 0 radical (unpaired) electrons. The van der Waals surface area contributed by atoms with E-state index in [1.807, 2.05) is 0 Å². The Morgan fingerprint density at radius 2 is 2.11 bits per heavy atom. The highest BCUT2D eigenvalue weighted by Gasteiger charge is 2.34. The second kappa shape index (κ2) is 8.23. The van der Waals surface area contributed by atoms with Gasteiger partial charge in [-0.3, -0.25) is 4.90 Å². The van der Waals surface area contributed by atoms with Crippen molar-refractivity contribution >= 4 is 0 Å². The molecule has 1 aliphatic heterocycles. The van der Waals surface area contributed by atoms with Crippen LogP contribution in [0.2, 0.25) is 0 Å². The van der Waals surface area contributed by atoms with Gasteiger partial charge in [-0.15, -0.1) is 0 Å². The van der Waals surface area contributed by atoms with E-state index in [1.165, 1.54) is 38.8 Å². The number of hydrogen-bond acceptors (Lipinski definition) is 3. The Labute approximate surface area is 120 Å². The fourth-order valence-corrected chi connectivity index (χ4v) is 2.96. The second-order valence-electron chi connectivity index (χ2n) is 6.75. The SMILES string of the molecule is CCC1(C)CN(CCCCOC)C(CC(C)C)CN1. The van der Waals surface area contributed by atoms with Crippen LogP contribution in [0, 0.1) is 5.92 Å². The van der Waals surface area contributed by atoms with Gasteiger partial charge >= 0.3 is 0 Å². The minimum atomic E-state index is 0.300. The van der Waals surface area contributed by atoms with Gasteiger partial charge in [-0.05, 0) is 45.1 Å². The average Bonchev–Trinajstić information content (AvgIpc) is 2.37. The van der Waals surface area contributed by atoms with Crippen LogP contribution in [0.15, 0.2) is 0 Å². The van der Waals surface area contributed by atoms with Gasteiger partial charge in [0, 0.05) is 38.4 Å². The highest BCUT2D eigenvalue weighted by Crippen LogP contribution is 2.22. The van der Waals surface area contributed by atoms with Gasteiger partial charge < -0.3 is 10.1 Å². The smallest absolute Gasteiger partial charge is 0.0462 e. The van der Waals surface area contributed by atoms with Crippen LogP contribution < -0.4 is 5.32 Å². The number of rotatable bonds is 8. The Kier molecular flexibility index (Phi) is 7.33. The molecule has 1 fully saturated rings. The van der Waals surface area contributed by atoms with Crippen LogP contribution in [0.25, 0.3) is 0 Å². The van der Waals surface area contributed by atoms with Gasteiger partial charge in [0.05, 0.1) is 0 Å². The van der Waals surface area contributed by atoms with Gasteiger partial charge in [-0.2, -0.15) is 0 Å². The number of piperazine rings is 1. The number of ether oxygens (including phenoxy) is 1. The Balaban J connectivity index is 2.50. The molecule has 0 aromatic rings. The standard InChI is InChI=1S/C16H34N2O/c1-6-16(4)13-18(9-7-8-10-19-5)15(12-17-16)11-14(2)3/h14-15,17H,6-13H2,1-5H3. The first kappa shape index (κ1) is 16.9. The number of nitrogens with one attached hydrogen (secondary N) is 1. The van der Waals surface area contributed by atoms with E-state index in [0.29, 0.717) is 11.6 Å². The summed E-state index contributed by atoms with van der Waals surface area (Å²) < 4.78 is 5.15. The van der Waals surface area contributed by atoms with Gasteiger partial charge in [0.1, 0.15) is 0 Å². The van der Waals surface area contributed by atoms with Crippen molar-refractivity contribution in [2.24, 2.45) is 5.92 Å². The lowest BCUT2D eigenvalue weighted by molar-refractivity contribution is 0.0691. The Morgan fingerprint density at radius 3 is 2.68 bits per heavy atom. The van der Waals surface area contributed by atoms with E-state index >= 15 is 0 Å². The molecule has 1 saturated heterocycles. The van der Waals surface area contributed by atoms with Crippen molar-refractivity contribution in [1.82, 2.24) is 10.2 Å². The van der Waals surface area contributed by atoms with Crippen molar-refractivity contribution < 1.29 is 4.74 Å². The first-order valence-corrected chi connectivity index (χ1v) is 7.98. The monoisotopic (exact) mass is 270 g/mol. The quantitative estimate of drug-likeness (QED) is 0.686. The lowest BCUT2D eigenvalue weighted by atomic mass is 9.90. The zero-order chi connectivity index (χ0) is 14.3. The average molecular weight is 270 g/mol. The highest BCUT2D eigenvalue weighted by molar-refractivity contribution is 4.94. The summed E-state index contributed by atoms with van der Waals surface area (Å²) in [6, 6.07) is 0.710. The van der Waals surface area contributed by atoms with Crippen molar-refractivity contribution in [3.8, 4) is 0 Å². The summed E-state index contributed by atoms with van der Waals surface area (Å²) in [7, 11) is 1.79. The molecule has 0 saturated carbocycles. The van der Waals surface area contributed by atoms with Gasteiger partial charge in [0.15, 0.2) is 0 Å². The first-order chi connectivity index (χ1) is 9.00. The number of nitrogens with zero attached hydrogens (tertiary/aromatic N) is 1. The molecule has 2 unspecified atom stereocenters. The van der Waals surface area contributed by atoms with Crippen molar-refractivity contribution in [3.63, 3.8) is 0 Å². The van der Waals surface area contributed by atoms with Crippen LogP contribution in [0.1, 0.15) is 53.4 Å². The van der Waals surface area contributed by atoms with Crippen LogP contribution in [0.3, 0.4) is 0 Å². The molecular formula is C16H34N2O. The Bertz CT molecular complexity index is 245. The topological polar surface area (TPSA) is 24.5 Å². The fraction of sp³-hybridized carbons (Fsp3) is 1.00. The van der Waals surface area contributed by atoms with Gasteiger partial charge in [0.2, 0.25) is 0 Å². The van der Waals surface area contributed by atoms with Crippen LogP contribution in [-0.2, 0) is 4.74 Å². The molecule has 1 N–H and O–H groups in total. The van der Waals surface area contributed by atoms with Gasteiger partial charge in [-0.1, -0.05) is 20.8 Å². The van der Waals surface area contributed by atoms with Crippen molar-refractivity contribution in [1.29, 1.82) is 0 Å². The first-order valence-electron chi connectivity index (χ1n) is 7.98. The molecule has 0 aliphatic carbocycles. The minimum absolute atomic E-state index is 0.300. The lowest BCUT2D eigenvalue weighted by Crippen LogP contribution is -2.62. The van der Waals surface area contributed by atoms with E-state index < -0.39 is 0 Å². The maximum Gasteiger partial charge on any atom is 0.0462 e. The predicted octanol–water partition coefficient (Wildman–Crippen LogP) is 2.90. The third-order valence-electron chi connectivity index (χ3n) is 4.40. The summed E-state index contributed by atoms with van der Waals surface area (Å²) in [5.41, 5.74) is 0.300. The fourth-order valence-electron chi connectivity index (χ4n) is 2.96. The van der Waals surface area contributed by atoms with E-state index in [4.69, 9.17) is 4.74 Å². The maximum absolute atomic E-state index is 5.15. The Morgan fingerprint density at radius 1 is 1.37 bits per heavy atom. The zero-order valence-electron chi connectivity index (χ0n) is 13.7. The predicted molar refractivity (Wildman–Crippen MR) is 82.6 cm³/mol. The third-order valence-corrected chi connectivity index (χ3v) is 4.40. The molecular weight excluding hydrogens is 236 g/mol. The largest absolute Gasteiger partial charge is 0.385 e. The molecule has 3 nitrogen and oxygen atoms in total. The summed E-state index contributed by atoms with van der Waals surface area (Å²) in [5, 5.41) is 3.77. The van der Waals surface area contributed by atoms with Crippen molar-refractivity contribution in [3.05, 3.63) is 0 Å². The lowest BCUT2D eigenvalue weighted by Gasteiger charge is -2.46. The second-order valence-corrected chi connectivity index (χ2v) is 6.75. The minimum Gasteiger partial charge on any atom is -0.385 e. The molecule has 1 aliphatic rings. The summed E-state index contributed by atoms with van der Waals surface area (Å²) in [6.07, 6.45) is 4.94. The van der Waals surface area contributed by atoms with E-state index in [2.05, 4.69) is 37.9 Å². The summed E-state index contributed by atoms with van der Waals surface area (Å²) in [5.74, 6) is 0.777. The number of hydrogen-bond donors (Lipinski definition) is 1. The Hall–Kier alpha value is -0.120. The van der Waals surface area contributed by atoms with Gasteiger partial charge in [0.25, 0.3) is 0 Å². The van der Waals surface area contributed by atoms with E-state index in [-0.39, 0.29) is 0 Å². The normalized spacial score (nSPS) is 29.1. The third kappa shape index (κ3) is 5.80. The number of unbranched alkanes of at least 4 members (excludes halogenated alkanes) is 1. The molecule has 1 heterocycles. The molecule has 3 heteroatoms. The molecule has 0 aromatic heterocycles. The molecule has 0 amide bonds. The molecule has 19 heavy (non-hydrogen) atoms. The van der Waals surface area contributed by atoms with Gasteiger partial charge in [-0.25, -0.2) is 0 Å². The summed E-state index contributed by atoms with van der Waals surface area (Å²) in [6.45, 7) is 13.8. The molecule has 0 bridgehead atoms. The summed E-state index contributed by atoms with van der Waals surface area (Å²) >= 11 is 0. The van der Waals surface area contributed by atoms with E-state index in [1.54, 1.807) is 7.11 Å². The molecule has 2 atom stereocenters. The van der Waals surface area contributed by atoms with E-state index in [9.17, 15) is 0 Å². The zero-order valence-corrected chi connectivity index (χ0v) is 13.7. The van der Waals surface area contributed by atoms with Crippen molar-refractivity contribution in [2.75, 3.05) is 33.4 Å². The molecule has 1 rings (SSSR count). The maximum atomic E-state index is 5.15. The van der Waals surface area contributed by atoms with Crippen LogP contribution in [0.5, 0.6) is 0 Å². The molecule has 0 aromatic carbocycles. The van der Waals surface area contributed by atoms with E-state index in [0.717, 1.165) is 19.1 Å². The molecule has 114 valence electrons.